The molecule has 0 radical (unpaired) electrons. The lowest BCUT2D eigenvalue weighted by atomic mass is 10.0. The van der Waals surface area contributed by atoms with E-state index in [0.29, 0.717) is 6.10 Å². The summed E-state index contributed by atoms with van der Waals surface area (Å²) >= 11 is 1.85. The molecule has 0 saturated carbocycles. The summed E-state index contributed by atoms with van der Waals surface area (Å²) in [6, 6.07) is 8.56. The van der Waals surface area contributed by atoms with Crippen molar-refractivity contribution >= 4 is 22.7 Å². The molecule has 2 aromatic rings. The number of nitrogens with zero attached hydrogens (tertiary/aromatic N) is 1. The maximum absolute atomic E-state index is 6.28. The van der Waals surface area contributed by atoms with Crippen molar-refractivity contribution in [2.45, 2.75) is 12.2 Å². The Morgan fingerprint density at radius 3 is 3.11 bits per heavy atom. The van der Waals surface area contributed by atoms with Crippen LogP contribution in [0.1, 0.15) is 11.7 Å². The molecule has 3 nitrogen and oxygen atoms in total. The highest BCUT2D eigenvalue weighted by molar-refractivity contribution is 7.98. The number of ether oxygens (including phenoxy) is 1. The molecule has 2 heterocycles. The molecule has 4 heteroatoms. The van der Waals surface area contributed by atoms with Crippen LogP contribution in [0.5, 0.6) is 0 Å². The lowest BCUT2D eigenvalue weighted by Gasteiger charge is -2.36. The first kappa shape index (κ1) is 13.0. The summed E-state index contributed by atoms with van der Waals surface area (Å²) in [7, 11) is 2.18. The number of likely N-dealkylation sites (N-methyl/N-ethyl adjacent to an activating group) is 1. The van der Waals surface area contributed by atoms with Crippen molar-refractivity contribution < 1.29 is 4.74 Å². The molecule has 1 aliphatic rings. The third-order valence-electron chi connectivity index (χ3n) is 3.68. The Morgan fingerprint density at radius 1 is 1.37 bits per heavy atom. The van der Waals surface area contributed by atoms with Crippen LogP contribution in [0, 0.1) is 0 Å². The highest BCUT2D eigenvalue weighted by Crippen LogP contribution is 2.30. The van der Waals surface area contributed by atoms with E-state index in [4.69, 9.17) is 4.74 Å². The Morgan fingerprint density at radius 2 is 2.26 bits per heavy atom. The quantitative estimate of drug-likeness (QED) is 0.934. The van der Waals surface area contributed by atoms with Crippen LogP contribution >= 0.6 is 11.8 Å². The van der Waals surface area contributed by atoms with Crippen molar-refractivity contribution in [1.29, 1.82) is 0 Å². The van der Waals surface area contributed by atoms with Crippen LogP contribution in [-0.4, -0.2) is 48.1 Å². The molecule has 0 amide bonds. The molecule has 0 aliphatic carbocycles. The molecule has 1 N–H and O–H groups in total. The molecule has 1 aliphatic heterocycles. The molecule has 0 bridgehead atoms. The normalized spacial score (nSPS) is 24.9. The Labute approximate surface area is 118 Å². The van der Waals surface area contributed by atoms with Gasteiger partial charge in [0.25, 0.3) is 0 Å². The van der Waals surface area contributed by atoms with Gasteiger partial charge in [0.15, 0.2) is 0 Å². The zero-order valence-electron chi connectivity index (χ0n) is 11.4. The molecule has 0 spiro atoms. The molecule has 1 aromatic carbocycles. The van der Waals surface area contributed by atoms with Gasteiger partial charge in [0, 0.05) is 35.9 Å². The van der Waals surface area contributed by atoms with Crippen LogP contribution in [0.4, 0.5) is 0 Å². The van der Waals surface area contributed by atoms with E-state index in [2.05, 4.69) is 47.5 Å². The van der Waals surface area contributed by atoms with Crippen LogP contribution in [0.3, 0.4) is 0 Å². The molecular formula is C15H20N2OS. The van der Waals surface area contributed by atoms with Crippen LogP contribution in [0.25, 0.3) is 10.9 Å². The maximum atomic E-state index is 6.28. The number of aromatic amines is 1. The van der Waals surface area contributed by atoms with E-state index in [9.17, 15) is 0 Å². The summed E-state index contributed by atoms with van der Waals surface area (Å²) in [4.78, 5) is 5.65. The lowest BCUT2D eigenvalue weighted by Crippen LogP contribution is -2.42. The zero-order valence-corrected chi connectivity index (χ0v) is 12.2. The Kier molecular flexibility index (Phi) is 3.82. The molecule has 3 rings (SSSR count). The maximum Gasteiger partial charge on any atom is 0.0963 e. The molecule has 1 aromatic heterocycles. The number of hydrogen-bond donors (Lipinski definition) is 1. The fourth-order valence-electron chi connectivity index (χ4n) is 2.86. The van der Waals surface area contributed by atoms with E-state index >= 15 is 0 Å². The molecular weight excluding hydrogens is 256 g/mol. The van der Waals surface area contributed by atoms with Crippen molar-refractivity contribution in [2.24, 2.45) is 0 Å². The van der Waals surface area contributed by atoms with Gasteiger partial charge in [-0.2, -0.15) is 11.8 Å². The number of morpholine rings is 1. The number of aromatic nitrogens is 1. The third-order valence-corrected chi connectivity index (χ3v) is 4.38. The second kappa shape index (κ2) is 5.57. The van der Waals surface area contributed by atoms with Gasteiger partial charge < -0.3 is 14.6 Å². The van der Waals surface area contributed by atoms with Gasteiger partial charge in [-0.25, -0.2) is 0 Å². The van der Waals surface area contributed by atoms with Gasteiger partial charge in [0.2, 0.25) is 0 Å². The molecule has 102 valence electrons. The lowest BCUT2D eigenvalue weighted by molar-refractivity contribution is -0.0686. The van der Waals surface area contributed by atoms with Gasteiger partial charge in [-0.3, -0.25) is 0 Å². The van der Waals surface area contributed by atoms with Crippen molar-refractivity contribution in [2.75, 3.05) is 32.1 Å². The standard InChI is InChI=1S/C15H20N2OS/c1-17-8-11(10-19-2)18-15(9-17)13-4-3-5-14-12(13)6-7-16-14/h3-7,11,15-16H,8-10H2,1-2H3/t11-,15-/m0/s1. The molecule has 0 unspecified atom stereocenters. The van der Waals surface area contributed by atoms with Gasteiger partial charge in [-0.05, 0) is 31.0 Å². The molecule has 2 atom stereocenters. The fourth-order valence-corrected chi connectivity index (χ4v) is 3.42. The van der Waals surface area contributed by atoms with Crippen molar-refractivity contribution in [3.63, 3.8) is 0 Å². The van der Waals surface area contributed by atoms with Crippen LogP contribution < -0.4 is 0 Å². The van der Waals surface area contributed by atoms with Crippen LogP contribution in [0.15, 0.2) is 30.5 Å². The summed E-state index contributed by atoms with van der Waals surface area (Å²) in [6.07, 6.45) is 4.64. The van der Waals surface area contributed by atoms with E-state index in [1.165, 1.54) is 16.5 Å². The minimum absolute atomic E-state index is 0.176. The minimum atomic E-state index is 0.176. The van der Waals surface area contributed by atoms with Gasteiger partial charge in [0.1, 0.15) is 0 Å². The topological polar surface area (TPSA) is 28.3 Å². The van der Waals surface area contributed by atoms with Crippen molar-refractivity contribution in [1.82, 2.24) is 9.88 Å². The molecule has 19 heavy (non-hydrogen) atoms. The van der Waals surface area contributed by atoms with E-state index in [1.807, 2.05) is 18.0 Å². The van der Waals surface area contributed by atoms with E-state index in [-0.39, 0.29) is 6.10 Å². The predicted octanol–water partition coefficient (Wildman–Crippen LogP) is 2.90. The minimum Gasteiger partial charge on any atom is -0.367 e. The van der Waals surface area contributed by atoms with Crippen molar-refractivity contribution in [3.05, 3.63) is 36.0 Å². The Balaban J connectivity index is 1.90. The van der Waals surface area contributed by atoms with Gasteiger partial charge >= 0.3 is 0 Å². The first-order valence-corrected chi connectivity index (χ1v) is 8.06. The highest BCUT2D eigenvalue weighted by atomic mass is 32.2. The number of thioether (sulfide) groups is 1. The zero-order chi connectivity index (χ0) is 13.2. The predicted molar refractivity (Wildman–Crippen MR) is 81.8 cm³/mol. The van der Waals surface area contributed by atoms with Crippen molar-refractivity contribution in [3.8, 4) is 0 Å². The molecule has 1 saturated heterocycles. The smallest absolute Gasteiger partial charge is 0.0963 e. The van der Waals surface area contributed by atoms with Gasteiger partial charge in [-0.1, -0.05) is 12.1 Å². The highest BCUT2D eigenvalue weighted by Gasteiger charge is 2.27. The second-order valence-corrected chi connectivity index (χ2v) is 6.12. The summed E-state index contributed by atoms with van der Waals surface area (Å²) < 4.78 is 6.28. The van der Waals surface area contributed by atoms with Crippen LogP contribution in [0.2, 0.25) is 0 Å². The second-order valence-electron chi connectivity index (χ2n) is 5.21. The van der Waals surface area contributed by atoms with Gasteiger partial charge in [0.05, 0.1) is 12.2 Å². The van der Waals surface area contributed by atoms with Crippen LogP contribution in [-0.2, 0) is 4.74 Å². The summed E-state index contributed by atoms with van der Waals surface area (Å²) in [5, 5.41) is 1.28. The number of rotatable bonds is 3. The largest absolute Gasteiger partial charge is 0.367 e. The average Bonchev–Trinajstić information content (AvgIpc) is 2.86. The number of H-pyrrole nitrogens is 1. The first-order chi connectivity index (χ1) is 9.28. The van der Waals surface area contributed by atoms with E-state index in [0.717, 1.165) is 18.8 Å². The monoisotopic (exact) mass is 276 g/mol. The van der Waals surface area contributed by atoms with Gasteiger partial charge in [-0.15, -0.1) is 0 Å². The fraction of sp³-hybridized carbons (Fsp3) is 0.467. The third kappa shape index (κ3) is 2.66. The summed E-state index contributed by atoms with van der Waals surface area (Å²) in [5.41, 5.74) is 2.49. The Bertz CT molecular complexity index is 554. The number of nitrogens with one attached hydrogen (secondary N) is 1. The number of fused-ring (bicyclic) bond motifs is 1. The van der Waals surface area contributed by atoms with E-state index in [1.54, 1.807) is 0 Å². The Hall–Kier alpha value is -0.970. The summed E-state index contributed by atoms with van der Waals surface area (Å²) in [6.45, 7) is 2.00. The molecule has 1 fully saturated rings. The number of benzene rings is 1. The first-order valence-electron chi connectivity index (χ1n) is 6.67. The average molecular weight is 276 g/mol. The van der Waals surface area contributed by atoms with E-state index < -0.39 is 0 Å². The number of hydrogen-bond acceptors (Lipinski definition) is 3. The SMILES string of the molecule is CSC[C@@H]1CN(C)C[C@@H](c2cccc3[nH]ccc23)O1. The summed E-state index contributed by atoms with van der Waals surface area (Å²) in [5.74, 6) is 1.06.